The van der Waals surface area contributed by atoms with E-state index < -0.39 is 23.1 Å². The Morgan fingerprint density at radius 1 is 1.48 bits per heavy atom. The van der Waals surface area contributed by atoms with Gasteiger partial charge in [0.05, 0.1) is 17.2 Å². The molecule has 2 N–H and O–H groups in total. The van der Waals surface area contributed by atoms with Gasteiger partial charge in [-0.25, -0.2) is 13.8 Å². The smallest absolute Gasteiger partial charge is 0.244 e. The van der Waals surface area contributed by atoms with Crippen LogP contribution in [0.1, 0.15) is 23.2 Å². The summed E-state index contributed by atoms with van der Waals surface area (Å²) in [6.07, 6.45) is 2.83. The summed E-state index contributed by atoms with van der Waals surface area (Å²) < 4.78 is 26.6. The summed E-state index contributed by atoms with van der Waals surface area (Å²) in [5.41, 5.74) is -1.07. The number of nitrogens with one attached hydrogen (secondary N) is 1. The van der Waals surface area contributed by atoms with Crippen molar-refractivity contribution in [2.75, 3.05) is 6.54 Å². The summed E-state index contributed by atoms with van der Waals surface area (Å²) in [5.74, 6) is -2.04. The van der Waals surface area contributed by atoms with Gasteiger partial charge >= 0.3 is 0 Å². The molecule has 1 atom stereocenters. The monoisotopic (exact) mass is 338 g/mol. The number of halogens is 2. The number of hydrogen-bond donors (Lipinski definition) is 2. The fourth-order valence-electron chi connectivity index (χ4n) is 1.96. The van der Waals surface area contributed by atoms with E-state index >= 15 is 0 Å². The van der Waals surface area contributed by atoms with Crippen LogP contribution in [-0.2, 0) is 10.4 Å². The molecule has 0 bridgehead atoms. The van der Waals surface area contributed by atoms with Crippen LogP contribution in [0.5, 0.6) is 0 Å². The molecule has 0 fully saturated rings. The summed E-state index contributed by atoms with van der Waals surface area (Å²) >= 11 is 1.47. The molecule has 2 rings (SSSR count). The normalized spacial score (nSPS) is 14.0. The first-order valence-corrected chi connectivity index (χ1v) is 7.72. The summed E-state index contributed by atoms with van der Waals surface area (Å²) in [7, 11) is 0. The minimum absolute atomic E-state index is 0.0849. The molecule has 1 aromatic carbocycles. The number of thiazole rings is 1. The number of aryl methyl sites for hydroxylation is 1. The van der Waals surface area contributed by atoms with Gasteiger partial charge in [-0.2, -0.15) is 0 Å². The average Bonchev–Trinajstić information content (AvgIpc) is 2.88. The van der Waals surface area contributed by atoms with Crippen LogP contribution in [0.4, 0.5) is 8.78 Å². The van der Waals surface area contributed by atoms with Gasteiger partial charge in [0.15, 0.2) is 0 Å². The van der Waals surface area contributed by atoms with Crippen molar-refractivity contribution in [1.29, 1.82) is 0 Å². The molecule has 0 radical (unpaired) electrons. The van der Waals surface area contributed by atoms with E-state index in [0.29, 0.717) is 11.8 Å². The molecule has 1 unspecified atom stereocenters. The van der Waals surface area contributed by atoms with Gasteiger partial charge in [-0.1, -0.05) is 6.07 Å². The fraction of sp³-hybridized carbons (Fsp3) is 0.250. The molecule has 0 spiro atoms. The number of aliphatic hydroxyl groups is 1. The molecule has 0 aliphatic rings. The standard InChI is InChI=1S/C16H16F2N2O2S/c1-10-20-12(8-23-10)4-6-15(21)19-9-16(2,22)13-5-3-11(17)7-14(13)18/h3-8,22H,9H2,1-2H3,(H,19,21). The lowest BCUT2D eigenvalue weighted by atomic mass is 9.95. The van der Waals surface area contributed by atoms with E-state index in [4.69, 9.17) is 0 Å². The Morgan fingerprint density at radius 3 is 2.83 bits per heavy atom. The molecule has 4 nitrogen and oxygen atoms in total. The lowest BCUT2D eigenvalue weighted by Crippen LogP contribution is -2.38. The van der Waals surface area contributed by atoms with E-state index in [0.717, 1.165) is 17.1 Å². The number of carbonyl (C=O) groups is 1. The maximum atomic E-state index is 13.7. The van der Waals surface area contributed by atoms with Gasteiger partial charge in [0.1, 0.15) is 17.2 Å². The molecule has 1 amide bonds. The first-order valence-electron chi connectivity index (χ1n) is 6.84. The van der Waals surface area contributed by atoms with Crippen LogP contribution < -0.4 is 5.32 Å². The van der Waals surface area contributed by atoms with Crippen molar-refractivity contribution in [3.05, 3.63) is 57.6 Å². The largest absolute Gasteiger partial charge is 0.383 e. The summed E-state index contributed by atoms with van der Waals surface area (Å²) in [6.45, 7) is 2.99. The van der Waals surface area contributed by atoms with Crippen molar-refractivity contribution in [2.45, 2.75) is 19.4 Å². The second kappa shape index (κ2) is 6.97. The van der Waals surface area contributed by atoms with Gasteiger partial charge in [0.2, 0.25) is 5.91 Å². The molecule has 0 saturated carbocycles. The Kier molecular flexibility index (Phi) is 5.23. The first-order chi connectivity index (χ1) is 10.8. The SMILES string of the molecule is Cc1nc(C=CC(=O)NCC(C)(O)c2ccc(F)cc2F)cs1. The van der Waals surface area contributed by atoms with Crippen molar-refractivity contribution in [3.8, 4) is 0 Å². The summed E-state index contributed by atoms with van der Waals surface area (Å²) in [5, 5.41) is 15.5. The average molecular weight is 338 g/mol. The Bertz CT molecular complexity index is 741. The van der Waals surface area contributed by atoms with Crippen LogP contribution in [0.25, 0.3) is 6.08 Å². The van der Waals surface area contributed by atoms with E-state index in [-0.39, 0.29) is 12.1 Å². The van der Waals surface area contributed by atoms with E-state index in [9.17, 15) is 18.7 Å². The van der Waals surface area contributed by atoms with Crippen LogP contribution in [-0.4, -0.2) is 22.5 Å². The third-order valence-corrected chi connectivity index (χ3v) is 3.95. The maximum absolute atomic E-state index is 13.7. The zero-order valence-corrected chi connectivity index (χ0v) is 13.5. The van der Waals surface area contributed by atoms with Crippen LogP contribution in [0.15, 0.2) is 29.7 Å². The van der Waals surface area contributed by atoms with Gasteiger partial charge in [-0.05, 0) is 26.0 Å². The van der Waals surface area contributed by atoms with Crippen molar-refractivity contribution >= 4 is 23.3 Å². The maximum Gasteiger partial charge on any atom is 0.244 e. The first kappa shape index (κ1) is 17.2. The molecule has 2 aromatic rings. The molecule has 0 aliphatic heterocycles. The molecule has 1 aromatic heterocycles. The number of benzene rings is 1. The molecule has 122 valence electrons. The summed E-state index contributed by atoms with van der Waals surface area (Å²) in [4.78, 5) is 15.9. The highest BCUT2D eigenvalue weighted by atomic mass is 32.1. The van der Waals surface area contributed by atoms with Crippen LogP contribution in [0.2, 0.25) is 0 Å². The highest BCUT2D eigenvalue weighted by Gasteiger charge is 2.27. The number of rotatable bonds is 5. The number of amides is 1. The quantitative estimate of drug-likeness (QED) is 0.824. The molecule has 0 aliphatic carbocycles. The minimum atomic E-state index is -1.65. The Balaban J connectivity index is 1.98. The second-order valence-electron chi connectivity index (χ2n) is 5.24. The van der Waals surface area contributed by atoms with Gasteiger partial charge in [0.25, 0.3) is 0 Å². The van der Waals surface area contributed by atoms with E-state index in [2.05, 4.69) is 10.3 Å². The Labute approximate surface area is 136 Å². The number of carbonyl (C=O) groups excluding carboxylic acids is 1. The third kappa shape index (κ3) is 4.67. The topological polar surface area (TPSA) is 62.2 Å². The van der Waals surface area contributed by atoms with Gasteiger partial charge in [-0.3, -0.25) is 4.79 Å². The van der Waals surface area contributed by atoms with E-state index in [1.54, 1.807) is 6.08 Å². The number of aromatic nitrogens is 1. The van der Waals surface area contributed by atoms with Crippen molar-refractivity contribution in [1.82, 2.24) is 10.3 Å². The summed E-state index contributed by atoms with van der Waals surface area (Å²) in [6, 6.07) is 2.90. The number of nitrogens with zero attached hydrogens (tertiary/aromatic N) is 1. The molecular formula is C16H16F2N2O2S. The Morgan fingerprint density at radius 2 is 2.22 bits per heavy atom. The van der Waals surface area contributed by atoms with Gasteiger partial charge in [-0.15, -0.1) is 11.3 Å². The van der Waals surface area contributed by atoms with E-state index in [1.165, 1.54) is 24.3 Å². The predicted octanol–water partition coefficient (Wildman–Crippen LogP) is 2.77. The molecule has 0 saturated heterocycles. The van der Waals surface area contributed by atoms with Crippen molar-refractivity contribution in [3.63, 3.8) is 0 Å². The fourth-order valence-corrected chi connectivity index (χ4v) is 2.54. The third-order valence-electron chi connectivity index (χ3n) is 3.16. The highest BCUT2D eigenvalue weighted by molar-refractivity contribution is 7.09. The van der Waals surface area contributed by atoms with Crippen molar-refractivity contribution in [2.24, 2.45) is 0 Å². The zero-order chi connectivity index (χ0) is 17.0. The lowest BCUT2D eigenvalue weighted by molar-refractivity contribution is -0.117. The Hall–Kier alpha value is -2.12. The molecular weight excluding hydrogens is 322 g/mol. The van der Waals surface area contributed by atoms with Gasteiger partial charge in [0, 0.05) is 23.1 Å². The zero-order valence-electron chi connectivity index (χ0n) is 12.6. The second-order valence-corrected chi connectivity index (χ2v) is 6.30. The van der Waals surface area contributed by atoms with Crippen LogP contribution >= 0.6 is 11.3 Å². The van der Waals surface area contributed by atoms with Gasteiger partial charge < -0.3 is 10.4 Å². The predicted molar refractivity (Wildman–Crippen MR) is 84.8 cm³/mol. The minimum Gasteiger partial charge on any atom is -0.383 e. The highest BCUT2D eigenvalue weighted by Crippen LogP contribution is 2.23. The van der Waals surface area contributed by atoms with Crippen molar-refractivity contribution < 1.29 is 18.7 Å². The molecule has 1 heterocycles. The number of hydrogen-bond acceptors (Lipinski definition) is 4. The van der Waals surface area contributed by atoms with Crippen LogP contribution in [0.3, 0.4) is 0 Å². The van der Waals surface area contributed by atoms with Crippen LogP contribution in [0, 0.1) is 18.6 Å². The van der Waals surface area contributed by atoms with E-state index in [1.807, 2.05) is 12.3 Å². The molecule has 7 heteroatoms. The molecule has 23 heavy (non-hydrogen) atoms. The lowest BCUT2D eigenvalue weighted by Gasteiger charge is -2.24.